The summed E-state index contributed by atoms with van der Waals surface area (Å²) in [4.78, 5) is 24.4. The van der Waals surface area contributed by atoms with E-state index in [1.54, 1.807) is 0 Å². The summed E-state index contributed by atoms with van der Waals surface area (Å²) in [6.45, 7) is 0. The van der Waals surface area contributed by atoms with Gasteiger partial charge in [0.1, 0.15) is 5.82 Å². The molecule has 1 aromatic rings. The summed E-state index contributed by atoms with van der Waals surface area (Å²) in [5.41, 5.74) is 0.241. The zero-order chi connectivity index (χ0) is 13.1. The Labute approximate surface area is 93.3 Å². The number of hydrogen-bond donors (Lipinski definition) is 2. The highest BCUT2D eigenvalue weighted by molar-refractivity contribution is 5.94. The standard InChI is InChI=1S/C9H7F3N2O3/c10-9(11,12)8(17)14-6-3-5(1-2-13-6)4-7(15)16/h1-3H,4H2,(H,15,16)(H,13,14,17). The smallest absolute Gasteiger partial charge is 0.471 e. The number of amides is 1. The third-order valence-electron chi connectivity index (χ3n) is 1.68. The summed E-state index contributed by atoms with van der Waals surface area (Å²) in [5, 5.41) is 10.0. The molecule has 2 N–H and O–H groups in total. The lowest BCUT2D eigenvalue weighted by atomic mass is 10.2. The van der Waals surface area contributed by atoms with Gasteiger partial charge < -0.3 is 10.4 Å². The van der Waals surface area contributed by atoms with Crippen LogP contribution in [0, 0.1) is 0 Å². The molecule has 1 aromatic heterocycles. The molecule has 0 aliphatic carbocycles. The van der Waals surface area contributed by atoms with Crippen molar-refractivity contribution in [2.45, 2.75) is 12.6 Å². The van der Waals surface area contributed by atoms with Crippen LogP contribution in [0.25, 0.3) is 0 Å². The lowest BCUT2D eigenvalue weighted by Crippen LogP contribution is -2.30. The van der Waals surface area contributed by atoms with Gasteiger partial charge in [-0.1, -0.05) is 0 Å². The van der Waals surface area contributed by atoms with Gasteiger partial charge in [-0.15, -0.1) is 0 Å². The van der Waals surface area contributed by atoms with Crippen LogP contribution < -0.4 is 5.32 Å². The number of rotatable bonds is 3. The van der Waals surface area contributed by atoms with E-state index in [0.29, 0.717) is 0 Å². The molecule has 0 bridgehead atoms. The van der Waals surface area contributed by atoms with Gasteiger partial charge in [-0.3, -0.25) is 9.59 Å². The first-order valence-electron chi connectivity index (χ1n) is 4.34. The highest BCUT2D eigenvalue weighted by Gasteiger charge is 2.38. The molecular weight excluding hydrogens is 241 g/mol. The molecule has 17 heavy (non-hydrogen) atoms. The number of aromatic nitrogens is 1. The van der Waals surface area contributed by atoms with Crippen molar-refractivity contribution in [3.63, 3.8) is 0 Å². The van der Waals surface area contributed by atoms with Crippen molar-refractivity contribution in [2.75, 3.05) is 5.32 Å². The average molecular weight is 248 g/mol. The third-order valence-corrected chi connectivity index (χ3v) is 1.68. The molecule has 92 valence electrons. The van der Waals surface area contributed by atoms with Gasteiger partial charge in [0.05, 0.1) is 6.42 Å². The second-order valence-corrected chi connectivity index (χ2v) is 3.07. The van der Waals surface area contributed by atoms with Gasteiger partial charge in [0.15, 0.2) is 0 Å². The van der Waals surface area contributed by atoms with E-state index in [1.807, 2.05) is 0 Å². The molecular formula is C9H7F3N2O3. The van der Waals surface area contributed by atoms with Gasteiger partial charge in [-0.25, -0.2) is 4.98 Å². The summed E-state index contributed by atoms with van der Waals surface area (Å²) < 4.78 is 35.7. The molecule has 0 unspecified atom stereocenters. The fraction of sp³-hybridized carbons (Fsp3) is 0.222. The van der Waals surface area contributed by atoms with E-state index < -0.39 is 18.1 Å². The minimum absolute atomic E-state index is 0.241. The van der Waals surface area contributed by atoms with Crippen molar-refractivity contribution in [1.82, 2.24) is 4.98 Å². The van der Waals surface area contributed by atoms with E-state index in [4.69, 9.17) is 5.11 Å². The number of nitrogens with zero attached hydrogens (tertiary/aromatic N) is 1. The molecule has 8 heteroatoms. The van der Waals surface area contributed by atoms with Crippen molar-refractivity contribution in [1.29, 1.82) is 0 Å². The Bertz CT molecular complexity index is 445. The molecule has 0 aliphatic rings. The normalized spacial score (nSPS) is 11.0. The lowest BCUT2D eigenvalue weighted by Gasteiger charge is -2.07. The predicted molar refractivity (Wildman–Crippen MR) is 50.3 cm³/mol. The van der Waals surface area contributed by atoms with Crippen LogP contribution in [-0.2, 0) is 16.0 Å². The maximum absolute atomic E-state index is 11.9. The van der Waals surface area contributed by atoms with Crippen molar-refractivity contribution < 1.29 is 27.9 Å². The monoisotopic (exact) mass is 248 g/mol. The van der Waals surface area contributed by atoms with E-state index >= 15 is 0 Å². The fourth-order valence-electron chi connectivity index (χ4n) is 1.01. The first-order valence-corrected chi connectivity index (χ1v) is 4.34. The highest BCUT2D eigenvalue weighted by Crippen LogP contribution is 2.17. The molecule has 0 spiro atoms. The topological polar surface area (TPSA) is 79.3 Å². The van der Waals surface area contributed by atoms with Crippen molar-refractivity contribution in [2.24, 2.45) is 0 Å². The Morgan fingerprint density at radius 3 is 2.59 bits per heavy atom. The van der Waals surface area contributed by atoms with Crippen LogP contribution in [0.1, 0.15) is 5.56 Å². The Kier molecular flexibility index (Phi) is 3.66. The van der Waals surface area contributed by atoms with Gasteiger partial charge >= 0.3 is 18.1 Å². The molecule has 0 saturated heterocycles. The molecule has 5 nitrogen and oxygen atoms in total. The van der Waals surface area contributed by atoms with Crippen molar-refractivity contribution >= 4 is 17.7 Å². The number of anilines is 1. The number of carboxylic acids is 1. The zero-order valence-electron chi connectivity index (χ0n) is 8.28. The van der Waals surface area contributed by atoms with Gasteiger partial charge in [0, 0.05) is 6.20 Å². The maximum atomic E-state index is 11.9. The maximum Gasteiger partial charge on any atom is 0.471 e. The van der Waals surface area contributed by atoms with E-state index in [9.17, 15) is 22.8 Å². The van der Waals surface area contributed by atoms with E-state index in [1.165, 1.54) is 11.4 Å². The number of nitrogens with one attached hydrogen (secondary N) is 1. The summed E-state index contributed by atoms with van der Waals surface area (Å²) in [7, 11) is 0. The predicted octanol–water partition coefficient (Wildman–Crippen LogP) is 1.21. The molecule has 1 heterocycles. The van der Waals surface area contributed by atoms with Crippen LogP contribution in [0.15, 0.2) is 18.3 Å². The Hall–Kier alpha value is -2.12. The molecule has 0 atom stereocenters. The van der Waals surface area contributed by atoms with E-state index in [0.717, 1.165) is 12.3 Å². The number of hydrogen-bond acceptors (Lipinski definition) is 3. The van der Waals surface area contributed by atoms with Crippen LogP contribution in [0.4, 0.5) is 19.0 Å². The number of pyridine rings is 1. The first-order chi connectivity index (χ1) is 7.79. The van der Waals surface area contributed by atoms with Crippen LogP contribution >= 0.6 is 0 Å². The Morgan fingerprint density at radius 1 is 1.41 bits per heavy atom. The minimum Gasteiger partial charge on any atom is -0.481 e. The number of carboxylic acid groups (broad SMARTS) is 1. The van der Waals surface area contributed by atoms with Crippen molar-refractivity contribution in [3.05, 3.63) is 23.9 Å². The third kappa shape index (κ3) is 4.09. The molecule has 1 amide bonds. The zero-order valence-corrected chi connectivity index (χ0v) is 8.28. The summed E-state index contributed by atoms with van der Waals surface area (Å²) in [6, 6.07) is 2.40. The fourth-order valence-corrected chi connectivity index (χ4v) is 1.01. The summed E-state index contributed by atoms with van der Waals surface area (Å²) in [6.07, 6.45) is -4.26. The minimum atomic E-state index is -5.01. The number of carbonyl (C=O) groups excluding carboxylic acids is 1. The number of carbonyl (C=O) groups is 2. The van der Waals surface area contributed by atoms with Gasteiger partial charge in [0.2, 0.25) is 0 Å². The van der Waals surface area contributed by atoms with Crippen LogP contribution in [-0.4, -0.2) is 28.1 Å². The molecule has 0 aromatic carbocycles. The quantitative estimate of drug-likeness (QED) is 0.842. The molecule has 1 rings (SSSR count). The molecule has 0 fully saturated rings. The van der Waals surface area contributed by atoms with Crippen LogP contribution in [0.2, 0.25) is 0 Å². The summed E-state index contributed by atoms with van der Waals surface area (Å²) >= 11 is 0. The Balaban J connectivity index is 2.79. The number of alkyl halides is 3. The average Bonchev–Trinajstić information content (AvgIpc) is 2.15. The SMILES string of the molecule is O=C(O)Cc1ccnc(NC(=O)C(F)(F)F)c1. The molecule has 0 saturated carbocycles. The summed E-state index contributed by atoms with van der Waals surface area (Å²) in [5.74, 6) is -3.63. The first kappa shape index (κ1) is 12.9. The van der Waals surface area contributed by atoms with Gasteiger partial charge in [0.25, 0.3) is 0 Å². The lowest BCUT2D eigenvalue weighted by molar-refractivity contribution is -0.167. The Morgan fingerprint density at radius 2 is 2.06 bits per heavy atom. The largest absolute Gasteiger partial charge is 0.481 e. The van der Waals surface area contributed by atoms with E-state index in [2.05, 4.69) is 4.98 Å². The second-order valence-electron chi connectivity index (χ2n) is 3.07. The molecule has 0 radical (unpaired) electrons. The number of halogens is 3. The van der Waals surface area contributed by atoms with Crippen LogP contribution in [0.5, 0.6) is 0 Å². The number of aliphatic carboxylic acids is 1. The van der Waals surface area contributed by atoms with Gasteiger partial charge in [-0.05, 0) is 17.7 Å². The molecule has 0 aliphatic heterocycles. The van der Waals surface area contributed by atoms with Crippen molar-refractivity contribution in [3.8, 4) is 0 Å². The van der Waals surface area contributed by atoms with E-state index in [-0.39, 0.29) is 17.8 Å². The second kappa shape index (κ2) is 4.81. The highest BCUT2D eigenvalue weighted by atomic mass is 19.4. The van der Waals surface area contributed by atoms with Crippen LogP contribution in [0.3, 0.4) is 0 Å². The van der Waals surface area contributed by atoms with Gasteiger partial charge in [-0.2, -0.15) is 13.2 Å².